The van der Waals surface area contributed by atoms with Crippen LogP contribution in [0.3, 0.4) is 0 Å². The minimum atomic E-state index is -4.74. The number of rotatable bonds is 5. The number of nitrogens with zero attached hydrogens (tertiary/aromatic N) is 1. The van der Waals surface area contributed by atoms with E-state index < -0.39 is 6.36 Å². The van der Waals surface area contributed by atoms with Crippen LogP contribution in [-0.4, -0.2) is 49.7 Å². The minimum absolute atomic E-state index is 0. The van der Waals surface area contributed by atoms with Gasteiger partial charge >= 0.3 is 6.36 Å². The number of phenols is 1. The number of phenolic OH excluding ortho intramolecular Hbond substituents is 1. The molecule has 1 saturated heterocycles. The maximum atomic E-state index is 12.4. The highest BCUT2D eigenvalue weighted by molar-refractivity contribution is 6.32. The first-order valence-electron chi connectivity index (χ1n) is 8.65. The van der Waals surface area contributed by atoms with Crippen molar-refractivity contribution in [3.63, 3.8) is 0 Å². The lowest BCUT2D eigenvalue weighted by molar-refractivity contribution is -0.274. The van der Waals surface area contributed by atoms with Crippen LogP contribution in [0.15, 0.2) is 36.4 Å². The summed E-state index contributed by atoms with van der Waals surface area (Å²) < 4.78 is 46.5. The van der Waals surface area contributed by atoms with Crippen molar-refractivity contribution in [2.45, 2.75) is 12.4 Å². The molecule has 0 unspecified atom stereocenters. The van der Waals surface area contributed by atoms with E-state index in [1.165, 1.54) is 19.2 Å². The molecular formula is C19H22Cl3F3N2O3. The van der Waals surface area contributed by atoms with Gasteiger partial charge in [-0.2, -0.15) is 0 Å². The van der Waals surface area contributed by atoms with Gasteiger partial charge in [-0.3, -0.25) is 4.90 Å². The van der Waals surface area contributed by atoms with E-state index in [9.17, 15) is 18.3 Å². The van der Waals surface area contributed by atoms with Gasteiger partial charge in [0, 0.05) is 26.2 Å². The molecule has 0 amide bonds. The molecule has 3 rings (SSSR count). The third-order valence-electron chi connectivity index (χ3n) is 4.53. The molecule has 30 heavy (non-hydrogen) atoms. The molecule has 0 aromatic heterocycles. The van der Waals surface area contributed by atoms with Crippen molar-refractivity contribution >= 4 is 36.4 Å². The van der Waals surface area contributed by atoms with E-state index >= 15 is 0 Å². The fourth-order valence-electron chi connectivity index (χ4n) is 3.31. The van der Waals surface area contributed by atoms with E-state index in [2.05, 4.69) is 15.0 Å². The van der Waals surface area contributed by atoms with Crippen molar-refractivity contribution in [3.8, 4) is 17.2 Å². The fraction of sp³-hybridized carbons (Fsp3) is 0.368. The highest BCUT2D eigenvalue weighted by Crippen LogP contribution is 2.40. The van der Waals surface area contributed by atoms with Crippen LogP contribution in [0.4, 0.5) is 13.2 Å². The van der Waals surface area contributed by atoms with Crippen molar-refractivity contribution in [1.29, 1.82) is 0 Å². The van der Waals surface area contributed by atoms with Crippen molar-refractivity contribution in [2.75, 3.05) is 33.3 Å². The van der Waals surface area contributed by atoms with Gasteiger partial charge in [0.15, 0.2) is 11.5 Å². The molecule has 11 heteroatoms. The quantitative estimate of drug-likeness (QED) is 0.632. The second-order valence-electron chi connectivity index (χ2n) is 6.36. The second kappa shape index (κ2) is 11.2. The van der Waals surface area contributed by atoms with Crippen LogP contribution in [0.25, 0.3) is 0 Å². The molecule has 2 aromatic rings. The predicted octanol–water partition coefficient (Wildman–Crippen LogP) is 4.79. The molecule has 1 aliphatic rings. The number of benzene rings is 2. The number of methoxy groups -OCH3 is 1. The summed E-state index contributed by atoms with van der Waals surface area (Å²) in [5.41, 5.74) is 1.55. The summed E-state index contributed by atoms with van der Waals surface area (Å²) in [7, 11) is 1.43. The lowest BCUT2D eigenvalue weighted by Crippen LogP contribution is -2.45. The molecule has 5 nitrogen and oxygen atoms in total. The van der Waals surface area contributed by atoms with Gasteiger partial charge in [-0.05, 0) is 35.4 Å². The lowest BCUT2D eigenvalue weighted by Gasteiger charge is -2.36. The minimum Gasteiger partial charge on any atom is -0.503 e. The van der Waals surface area contributed by atoms with Crippen LogP contribution in [-0.2, 0) is 0 Å². The standard InChI is InChI=1S/C19H20ClF3N2O3.2ClH/c1-27-16-11-13(10-15(20)18(16)26)17(25-8-6-24-7-9-25)12-2-4-14(5-3-12)28-19(21,22)23;;/h2-5,10-11,17,24,26H,6-9H2,1H3;2*1H/t17-;;/m0../s1. The largest absolute Gasteiger partial charge is 0.573 e. The summed E-state index contributed by atoms with van der Waals surface area (Å²) in [6.07, 6.45) is -4.74. The van der Waals surface area contributed by atoms with Gasteiger partial charge < -0.3 is 19.9 Å². The average molecular weight is 490 g/mol. The molecule has 1 atom stereocenters. The first-order chi connectivity index (χ1) is 13.3. The van der Waals surface area contributed by atoms with Gasteiger partial charge in [-0.15, -0.1) is 38.0 Å². The molecule has 168 valence electrons. The Kier molecular flexibility index (Phi) is 9.84. The Bertz CT molecular complexity index is 817. The van der Waals surface area contributed by atoms with E-state index in [1.54, 1.807) is 24.3 Å². The van der Waals surface area contributed by atoms with Crippen molar-refractivity contribution < 1.29 is 27.8 Å². The maximum Gasteiger partial charge on any atom is 0.573 e. The van der Waals surface area contributed by atoms with E-state index in [-0.39, 0.29) is 53.1 Å². The molecule has 2 N–H and O–H groups in total. The third kappa shape index (κ3) is 6.46. The van der Waals surface area contributed by atoms with Gasteiger partial charge in [0.05, 0.1) is 18.2 Å². The Morgan fingerprint density at radius 3 is 2.20 bits per heavy atom. The molecular weight excluding hydrogens is 468 g/mol. The van der Waals surface area contributed by atoms with E-state index in [0.717, 1.165) is 37.3 Å². The number of alkyl halides is 3. The van der Waals surface area contributed by atoms with Crippen LogP contribution in [0.1, 0.15) is 17.2 Å². The molecule has 1 heterocycles. The van der Waals surface area contributed by atoms with Crippen LogP contribution in [0.5, 0.6) is 17.2 Å². The maximum absolute atomic E-state index is 12.4. The Labute approximate surface area is 189 Å². The zero-order chi connectivity index (χ0) is 20.3. The first kappa shape index (κ1) is 26.5. The SMILES string of the molecule is COc1cc([C@H](c2ccc(OC(F)(F)F)cc2)N2CCNCC2)cc(Cl)c1O.Cl.Cl. The van der Waals surface area contributed by atoms with Crippen molar-refractivity contribution in [1.82, 2.24) is 10.2 Å². The predicted molar refractivity (Wildman–Crippen MR) is 114 cm³/mol. The van der Waals surface area contributed by atoms with Crippen LogP contribution >= 0.6 is 36.4 Å². The summed E-state index contributed by atoms with van der Waals surface area (Å²) in [5, 5.41) is 13.4. The number of hydrogen-bond acceptors (Lipinski definition) is 5. The van der Waals surface area contributed by atoms with Gasteiger partial charge in [-0.25, -0.2) is 0 Å². The first-order valence-corrected chi connectivity index (χ1v) is 9.03. The average Bonchev–Trinajstić information content (AvgIpc) is 2.65. The highest BCUT2D eigenvalue weighted by Gasteiger charge is 2.31. The number of piperazine rings is 1. The Balaban J connectivity index is 0.00000225. The molecule has 0 saturated carbocycles. The number of halogens is 6. The Hall–Kier alpha value is -1.58. The van der Waals surface area contributed by atoms with Gasteiger partial charge in [-0.1, -0.05) is 23.7 Å². The number of ether oxygens (including phenoxy) is 2. The number of nitrogens with one attached hydrogen (secondary N) is 1. The molecule has 1 fully saturated rings. The summed E-state index contributed by atoms with van der Waals surface area (Å²) in [4.78, 5) is 2.19. The molecule has 0 aliphatic carbocycles. The van der Waals surface area contributed by atoms with Crippen molar-refractivity contribution in [3.05, 3.63) is 52.5 Å². The number of hydrogen-bond donors (Lipinski definition) is 2. The van der Waals surface area contributed by atoms with E-state index in [1.807, 2.05) is 0 Å². The van der Waals surface area contributed by atoms with E-state index in [0.29, 0.717) is 0 Å². The summed E-state index contributed by atoms with van der Waals surface area (Å²) >= 11 is 6.16. The normalized spacial score (nSPS) is 15.5. The zero-order valence-electron chi connectivity index (χ0n) is 15.9. The lowest BCUT2D eigenvalue weighted by atomic mass is 9.96. The smallest absolute Gasteiger partial charge is 0.503 e. The van der Waals surface area contributed by atoms with Crippen LogP contribution < -0.4 is 14.8 Å². The third-order valence-corrected chi connectivity index (χ3v) is 4.82. The topological polar surface area (TPSA) is 54.0 Å². The van der Waals surface area contributed by atoms with Gasteiger partial charge in [0.1, 0.15) is 5.75 Å². The second-order valence-corrected chi connectivity index (χ2v) is 6.77. The number of aromatic hydroxyl groups is 1. The summed E-state index contributed by atoms with van der Waals surface area (Å²) in [6.45, 7) is 3.06. The zero-order valence-corrected chi connectivity index (χ0v) is 18.3. The summed E-state index contributed by atoms with van der Waals surface area (Å²) in [6, 6.07) is 8.84. The van der Waals surface area contributed by atoms with Gasteiger partial charge in [0.2, 0.25) is 0 Å². The van der Waals surface area contributed by atoms with Crippen LogP contribution in [0.2, 0.25) is 5.02 Å². The van der Waals surface area contributed by atoms with Crippen LogP contribution in [0, 0.1) is 0 Å². The molecule has 1 aliphatic heterocycles. The summed E-state index contributed by atoms with van der Waals surface area (Å²) in [5.74, 6) is -0.197. The monoisotopic (exact) mass is 488 g/mol. The molecule has 0 spiro atoms. The molecule has 0 radical (unpaired) electrons. The van der Waals surface area contributed by atoms with Gasteiger partial charge in [0.25, 0.3) is 0 Å². The molecule has 0 bridgehead atoms. The Morgan fingerprint density at radius 2 is 1.67 bits per heavy atom. The molecule has 2 aromatic carbocycles. The van der Waals surface area contributed by atoms with E-state index in [4.69, 9.17) is 16.3 Å². The van der Waals surface area contributed by atoms with Crippen molar-refractivity contribution in [2.24, 2.45) is 0 Å². The Morgan fingerprint density at radius 1 is 1.07 bits per heavy atom. The highest BCUT2D eigenvalue weighted by atomic mass is 35.5. The fourth-order valence-corrected chi connectivity index (χ4v) is 3.53.